The fraction of sp³-hybridized carbons (Fsp3) is 0.541. The molecule has 0 saturated heterocycles. The minimum absolute atomic E-state index is 0.133. The molecule has 1 aromatic heterocycles. The van der Waals surface area contributed by atoms with E-state index < -0.39 is 24.1 Å². The van der Waals surface area contributed by atoms with E-state index in [4.69, 9.17) is 18.9 Å². The van der Waals surface area contributed by atoms with Crippen molar-refractivity contribution in [1.29, 1.82) is 0 Å². The van der Waals surface area contributed by atoms with E-state index in [0.29, 0.717) is 13.2 Å². The summed E-state index contributed by atoms with van der Waals surface area (Å²) in [5, 5.41) is 21.7. The second-order valence-electron chi connectivity index (χ2n) is 12.0. The first kappa shape index (κ1) is 39.5. The Hall–Kier alpha value is -3.93. The molecule has 0 aliphatic carbocycles. The maximum absolute atomic E-state index is 12.4. The Balaban J connectivity index is 1.59. The average Bonchev–Trinajstić information content (AvgIpc) is 3.07. The second kappa shape index (κ2) is 21.2. The number of hydrogen-bond acceptors (Lipinski definition) is 11. The number of phenols is 2. The molecule has 49 heavy (non-hydrogen) atoms. The Morgan fingerprint density at radius 1 is 0.633 bits per heavy atom. The summed E-state index contributed by atoms with van der Waals surface area (Å²) in [6.45, 7) is 8.22. The maximum atomic E-state index is 12.4. The number of rotatable bonds is 22. The van der Waals surface area contributed by atoms with Gasteiger partial charge in [0.25, 0.3) is 0 Å². The van der Waals surface area contributed by atoms with Gasteiger partial charge in [0.05, 0.1) is 24.3 Å². The van der Waals surface area contributed by atoms with Crippen LogP contribution in [0.25, 0.3) is 22.8 Å². The predicted molar refractivity (Wildman–Crippen MR) is 191 cm³/mol. The van der Waals surface area contributed by atoms with Gasteiger partial charge in [-0.2, -0.15) is 0 Å². The van der Waals surface area contributed by atoms with Gasteiger partial charge in [-0.25, -0.2) is 24.5 Å². The van der Waals surface area contributed by atoms with Crippen molar-refractivity contribution in [2.24, 2.45) is 0 Å². The zero-order chi connectivity index (χ0) is 35.6. The SMILES string of the molecule is CCCCCCCCOC(=O)C(C)Oc1ccc(-c2nc(Br)nc(-c3ccc(OC(C)C(=O)OCCCCCCCC)cc3O)n2)c(O)c1. The number of aromatic nitrogens is 3. The van der Waals surface area contributed by atoms with Gasteiger partial charge in [-0.05, 0) is 66.9 Å². The van der Waals surface area contributed by atoms with Crippen molar-refractivity contribution in [2.45, 2.75) is 117 Å². The molecule has 0 fully saturated rings. The van der Waals surface area contributed by atoms with Gasteiger partial charge in [0, 0.05) is 12.1 Å². The van der Waals surface area contributed by atoms with Crippen LogP contribution in [0, 0.1) is 0 Å². The van der Waals surface area contributed by atoms with Crippen molar-refractivity contribution in [2.75, 3.05) is 13.2 Å². The fourth-order valence-corrected chi connectivity index (χ4v) is 5.32. The minimum Gasteiger partial charge on any atom is -0.507 e. The van der Waals surface area contributed by atoms with Crippen molar-refractivity contribution in [3.8, 4) is 45.8 Å². The number of carbonyl (C=O) groups excluding carboxylic acids is 2. The molecular formula is C37H50BrN3O8. The molecule has 12 heteroatoms. The van der Waals surface area contributed by atoms with E-state index in [1.165, 1.54) is 50.7 Å². The van der Waals surface area contributed by atoms with Crippen LogP contribution in [0.15, 0.2) is 41.1 Å². The number of unbranched alkanes of at least 4 members (excludes halogenated alkanes) is 10. The first-order valence-electron chi connectivity index (χ1n) is 17.4. The van der Waals surface area contributed by atoms with Crippen LogP contribution < -0.4 is 9.47 Å². The van der Waals surface area contributed by atoms with Crippen LogP contribution >= 0.6 is 15.9 Å². The highest BCUT2D eigenvalue weighted by Crippen LogP contribution is 2.35. The van der Waals surface area contributed by atoms with Gasteiger partial charge in [0.2, 0.25) is 4.73 Å². The summed E-state index contributed by atoms with van der Waals surface area (Å²) in [6.07, 6.45) is 11.4. The molecule has 0 aliphatic rings. The number of esters is 2. The van der Waals surface area contributed by atoms with Crippen LogP contribution in [0.4, 0.5) is 0 Å². The van der Waals surface area contributed by atoms with Crippen LogP contribution in [0.3, 0.4) is 0 Å². The number of aromatic hydroxyl groups is 2. The van der Waals surface area contributed by atoms with Crippen molar-refractivity contribution in [3.05, 3.63) is 41.1 Å². The van der Waals surface area contributed by atoms with E-state index in [-0.39, 0.29) is 50.5 Å². The number of nitrogens with zero attached hydrogens (tertiary/aromatic N) is 3. The second-order valence-corrected chi connectivity index (χ2v) is 12.7. The van der Waals surface area contributed by atoms with Crippen molar-refractivity contribution in [3.63, 3.8) is 0 Å². The normalized spacial score (nSPS) is 12.3. The number of ether oxygens (including phenoxy) is 4. The van der Waals surface area contributed by atoms with E-state index in [1.807, 2.05) is 0 Å². The maximum Gasteiger partial charge on any atom is 0.347 e. The minimum atomic E-state index is -0.864. The monoisotopic (exact) mass is 743 g/mol. The van der Waals surface area contributed by atoms with E-state index in [0.717, 1.165) is 38.5 Å². The number of carbonyl (C=O) groups is 2. The number of benzene rings is 2. The van der Waals surface area contributed by atoms with Crippen LogP contribution in [0.5, 0.6) is 23.0 Å². The Morgan fingerprint density at radius 3 is 1.41 bits per heavy atom. The molecule has 2 atom stereocenters. The summed E-state index contributed by atoms with van der Waals surface area (Å²) >= 11 is 3.29. The third-order valence-electron chi connectivity index (χ3n) is 7.80. The summed E-state index contributed by atoms with van der Waals surface area (Å²) in [5.41, 5.74) is 0.561. The summed E-state index contributed by atoms with van der Waals surface area (Å²) < 4.78 is 22.3. The third kappa shape index (κ3) is 13.5. The molecule has 2 unspecified atom stereocenters. The summed E-state index contributed by atoms with van der Waals surface area (Å²) in [6, 6.07) is 9.05. The summed E-state index contributed by atoms with van der Waals surface area (Å²) in [7, 11) is 0. The van der Waals surface area contributed by atoms with E-state index in [1.54, 1.807) is 38.1 Å². The first-order valence-corrected chi connectivity index (χ1v) is 18.2. The molecule has 0 aliphatic heterocycles. The Labute approximate surface area is 297 Å². The molecule has 2 N–H and O–H groups in total. The van der Waals surface area contributed by atoms with Gasteiger partial charge in [0.1, 0.15) is 23.0 Å². The lowest BCUT2D eigenvalue weighted by atomic mass is 10.1. The van der Waals surface area contributed by atoms with Crippen LogP contribution in [0.1, 0.15) is 105 Å². The number of phenolic OH excluding ortho intramolecular Hbond substituents is 2. The number of halogens is 1. The van der Waals surface area contributed by atoms with Gasteiger partial charge >= 0.3 is 11.9 Å². The third-order valence-corrected chi connectivity index (χ3v) is 8.16. The van der Waals surface area contributed by atoms with Crippen LogP contribution in [-0.4, -0.2) is 62.5 Å². The van der Waals surface area contributed by atoms with Gasteiger partial charge in [0.15, 0.2) is 23.9 Å². The highest BCUT2D eigenvalue weighted by molar-refractivity contribution is 9.10. The molecule has 0 saturated carbocycles. The average molecular weight is 745 g/mol. The lowest BCUT2D eigenvalue weighted by Crippen LogP contribution is -2.26. The highest BCUT2D eigenvalue weighted by atomic mass is 79.9. The molecule has 0 amide bonds. The summed E-state index contributed by atoms with van der Waals surface area (Å²) in [5.74, 6) is -0.504. The van der Waals surface area contributed by atoms with E-state index >= 15 is 0 Å². The molecule has 0 radical (unpaired) electrons. The largest absolute Gasteiger partial charge is 0.507 e. The van der Waals surface area contributed by atoms with E-state index in [2.05, 4.69) is 44.7 Å². The molecule has 1 heterocycles. The molecule has 3 rings (SSSR count). The van der Waals surface area contributed by atoms with Crippen molar-refractivity contribution >= 4 is 27.9 Å². The molecule has 3 aromatic rings. The lowest BCUT2D eigenvalue weighted by molar-refractivity contribution is -0.152. The topological polar surface area (TPSA) is 150 Å². The lowest BCUT2D eigenvalue weighted by Gasteiger charge is -2.15. The number of hydrogen-bond donors (Lipinski definition) is 2. The Morgan fingerprint density at radius 2 is 1.02 bits per heavy atom. The van der Waals surface area contributed by atoms with Crippen LogP contribution in [-0.2, 0) is 19.1 Å². The molecular weight excluding hydrogens is 694 g/mol. The molecule has 0 spiro atoms. The molecule has 11 nitrogen and oxygen atoms in total. The van der Waals surface area contributed by atoms with Gasteiger partial charge in [-0.15, -0.1) is 0 Å². The zero-order valence-corrected chi connectivity index (χ0v) is 30.7. The smallest absolute Gasteiger partial charge is 0.347 e. The van der Waals surface area contributed by atoms with Crippen molar-refractivity contribution in [1.82, 2.24) is 15.0 Å². The van der Waals surface area contributed by atoms with Crippen molar-refractivity contribution < 1.29 is 38.7 Å². The predicted octanol–water partition coefficient (Wildman–Crippen LogP) is 8.72. The van der Waals surface area contributed by atoms with Crippen LogP contribution in [0.2, 0.25) is 0 Å². The summed E-state index contributed by atoms with van der Waals surface area (Å²) in [4.78, 5) is 37.8. The van der Waals surface area contributed by atoms with Gasteiger partial charge < -0.3 is 29.2 Å². The van der Waals surface area contributed by atoms with E-state index in [9.17, 15) is 19.8 Å². The first-order chi connectivity index (χ1) is 23.6. The van der Waals surface area contributed by atoms with Gasteiger partial charge in [-0.3, -0.25) is 0 Å². The molecule has 0 bridgehead atoms. The van der Waals surface area contributed by atoms with Gasteiger partial charge in [-0.1, -0.05) is 78.1 Å². The molecule has 2 aromatic carbocycles. The standard InChI is InChI=1S/C37H50BrN3O8/c1-5-7-9-11-13-15-21-46-35(44)25(3)48-27-17-19-29(31(42)23-27)33-39-34(41-37(38)40-33)30-20-18-28(24-32(30)43)49-26(4)36(45)47-22-16-14-12-10-8-6-2/h17-20,23-26,42-43H,5-16,21-22H2,1-4H3. The Bertz CT molecular complexity index is 1380. The molecule has 268 valence electrons. The fourth-order valence-electron chi connectivity index (χ4n) is 4.99. The quantitative estimate of drug-likeness (QED) is 0.0751. The highest BCUT2D eigenvalue weighted by Gasteiger charge is 2.21. The Kier molecular flexibility index (Phi) is 17.1. The zero-order valence-electron chi connectivity index (χ0n) is 29.1.